The van der Waals surface area contributed by atoms with Gasteiger partial charge in [-0.05, 0) is 18.2 Å². The van der Waals surface area contributed by atoms with Crippen LogP contribution in [0, 0.1) is 5.82 Å². The van der Waals surface area contributed by atoms with Crippen molar-refractivity contribution >= 4 is 17.6 Å². The lowest BCUT2D eigenvalue weighted by Crippen LogP contribution is -2.48. The topological polar surface area (TPSA) is 60.9 Å². The molecule has 0 radical (unpaired) electrons. The van der Waals surface area contributed by atoms with Gasteiger partial charge in [0.15, 0.2) is 0 Å². The normalized spacial score (nSPS) is 15.5. The van der Waals surface area contributed by atoms with Gasteiger partial charge in [0.05, 0.1) is 11.3 Å². The Morgan fingerprint density at radius 3 is 2.37 bits per heavy atom. The minimum atomic E-state index is -1.08. The number of nitrogens with zero attached hydrogens (tertiary/aromatic N) is 2. The van der Waals surface area contributed by atoms with Crippen LogP contribution in [0.2, 0.25) is 0 Å². The lowest BCUT2D eigenvalue weighted by atomic mass is 10.1. The van der Waals surface area contributed by atoms with Crippen LogP contribution in [0.25, 0.3) is 0 Å². The number of carboxylic acid groups (broad SMARTS) is 1. The van der Waals surface area contributed by atoms with E-state index in [-0.39, 0.29) is 17.2 Å². The van der Waals surface area contributed by atoms with E-state index in [0.717, 1.165) is 6.07 Å². The number of aromatic carboxylic acids is 1. The van der Waals surface area contributed by atoms with Crippen LogP contribution in [0.3, 0.4) is 0 Å². The fraction of sp³-hybridized carbons (Fsp3) is 0.385. The fourth-order valence-electron chi connectivity index (χ4n) is 2.15. The third-order valence-corrected chi connectivity index (χ3v) is 3.26. The molecule has 0 bridgehead atoms. The molecule has 1 N–H and O–H groups in total. The lowest BCUT2D eigenvalue weighted by molar-refractivity contribution is -0.129. The molecule has 0 aliphatic carbocycles. The molecule has 0 unspecified atom stereocenters. The second-order valence-electron chi connectivity index (χ2n) is 4.46. The predicted molar refractivity (Wildman–Crippen MR) is 67.8 cm³/mol. The van der Waals surface area contributed by atoms with Crippen LogP contribution in [-0.2, 0) is 4.79 Å². The number of hydrogen-bond donors (Lipinski definition) is 1. The van der Waals surface area contributed by atoms with Crippen molar-refractivity contribution in [3.63, 3.8) is 0 Å². The van der Waals surface area contributed by atoms with E-state index >= 15 is 0 Å². The summed E-state index contributed by atoms with van der Waals surface area (Å²) in [7, 11) is 0. The molecule has 1 aliphatic rings. The molecular weight excluding hydrogens is 251 g/mol. The Morgan fingerprint density at radius 2 is 1.84 bits per heavy atom. The Balaban J connectivity index is 2.17. The average Bonchev–Trinajstić information content (AvgIpc) is 2.39. The summed E-state index contributed by atoms with van der Waals surface area (Å²) in [4.78, 5) is 25.6. The Hall–Kier alpha value is -2.11. The van der Waals surface area contributed by atoms with Gasteiger partial charge in [-0.15, -0.1) is 0 Å². The molecule has 1 aliphatic heterocycles. The highest BCUT2D eigenvalue weighted by Gasteiger charge is 2.21. The van der Waals surface area contributed by atoms with Gasteiger partial charge in [-0.3, -0.25) is 4.79 Å². The SMILES string of the molecule is CC(=O)N1CCN(c2cc(C(=O)O)ccc2F)CC1. The molecule has 19 heavy (non-hydrogen) atoms. The molecule has 0 atom stereocenters. The summed E-state index contributed by atoms with van der Waals surface area (Å²) in [5.41, 5.74) is 0.341. The monoisotopic (exact) mass is 266 g/mol. The number of amides is 1. The van der Waals surface area contributed by atoms with Crippen LogP contribution in [0.15, 0.2) is 18.2 Å². The zero-order chi connectivity index (χ0) is 14.0. The van der Waals surface area contributed by atoms with Crippen LogP contribution >= 0.6 is 0 Å². The van der Waals surface area contributed by atoms with Gasteiger partial charge in [-0.2, -0.15) is 0 Å². The van der Waals surface area contributed by atoms with Crippen molar-refractivity contribution in [2.45, 2.75) is 6.92 Å². The summed E-state index contributed by atoms with van der Waals surface area (Å²) in [6.07, 6.45) is 0. The van der Waals surface area contributed by atoms with Gasteiger partial charge in [-0.25, -0.2) is 9.18 Å². The summed E-state index contributed by atoms with van der Waals surface area (Å²) in [5.74, 6) is -1.52. The van der Waals surface area contributed by atoms with Crippen LogP contribution in [0.5, 0.6) is 0 Å². The summed E-state index contributed by atoms with van der Waals surface area (Å²) >= 11 is 0. The first-order chi connectivity index (χ1) is 8.99. The highest BCUT2D eigenvalue weighted by Crippen LogP contribution is 2.22. The Kier molecular flexibility index (Phi) is 3.69. The Bertz CT molecular complexity index is 511. The molecule has 2 rings (SSSR count). The number of hydrogen-bond acceptors (Lipinski definition) is 3. The van der Waals surface area contributed by atoms with Crippen molar-refractivity contribution in [1.82, 2.24) is 4.90 Å². The molecule has 102 valence electrons. The zero-order valence-electron chi connectivity index (χ0n) is 10.6. The molecule has 6 heteroatoms. The van der Waals surface area contributed by atoms with E-state index in [9.17, 15) is 14.0 Å². The largest absolute Gasteiger partial charge is 0.478 e. The second-order valence-corrected chi connectivity index (χ2v) is 4.46. The van der Waals surface area contributed by atoms with Gasteiger partial charge in [0.2, 0.25) is 5.91 Å². The van der Waals surface area contributed by atoms with Crippen molar-refractivity contribution in [3.8, 4) is 0 Å². The summed E-state index contributed by atoms with van der Waals surface area (Å²) in [6.45, 7) is 3.54. The Labute approximate surface area is 110 Å². The van der Waals surface area contributed by atoms with Crippen LogP contribution in [0.1, 0.15) is 17.3 Å². The maximum absolute atomic E-state index is 13.8. The number of piperazine rings is 1. The molecule has 1 aromatic rings. The van der Waals surface area contributed by atoms with Gasteiger partial charge < -0.3 is 14.9 Å². The first kappa shape index (κ1) is 13.3. The maximum atomic E-state index is 13.8. The molecule has 0 saturated carbocycles. The Morgan fingerprint density at radius 1 is 1.21 bits per heavy atom. The van der Waals surface area contributed by atoms with E-state index < -0.39 is 11.8 Å². The highest BCUT2D eigenvalue weighted by atomic mass is 19.1. The van der Waals surface area contributed by atoms with Crippen molar-refractivity contribution in [1.29, 1.82) is 0 Å². The van der Waals surface area contributed by atoms with E-state index in [2.05, 4.69) is 0 Å². The van der Waals surface area contributed by atoms with Crippen LogP contribution < -0.4 is 4.90 Å². The number of benzene rings is 1. The van der Waals surface area contributed by atoms with Crippen molar-refractivity contribution in [2.24, 2.45) is 0 Å². The van der Waals surface area contributed by atoms with Gasteiger partial charge in [0.25, 0.3) is 0 Å². The standard InChI is InChI=1S/C13H15FN2O3/c1-9(17)15-4-6-16(7-5-15)12-8-10(13(18)19)2-3-11(12)14/h2-3,8H,4-7H2,1H3,(H,18,19). The second kappa shape index (κ2) is 5.26. The predicted octanol–water partition coefficient (Wildman–Crippen LogP) is 1.19. The number of carboxylic acids is 1. The van der Waals surface area contributed by atoms with Gasteiger partial charge in [0.1, 0.15) is 5.82 Å². The number of carbonyl (C=O) groups excluding carboxylic acids is 1. The summed E-state index contributed by atoms with van der Waals surface area (Å²) in [5, 5.41) is 8.92. The smallest absolute Gasteiger partial charge is 0.335 e. The number of anilines is 1. The third-order valence-electron chi connectivity index (χ3n) is 3.26. The summed E-state index contributed by atoms with van der Waals surface area (Å²) in [6, 6.07) is 3.74. The van der Waals surface area contributed by atoms with Gasteiger partial charge in [-0.1, -0.05) is 0 Å². The minimum absolute atomic E-state index is 0.000548. The number of rotatable bonds is 2. The molecule has 1 heterocycles. The molecule has 5 nitrogen and oxygen atoms in total. The van der Waals surface area contributed by atoms with E-state index in [1.807, 2.05) is 0 Å². The zero-order valence-corrected chi connectivity index (χ0v) is 10.6. The minimum Gasteiger partial charge on any atom is -0.478 e. The molecule has 1 amide bonds. The number of carbonyl (C=O) groups is 2. The molecule has 0 spiro atoms. The quantitative estimate of drug-likeness (QED) is 0.873. The van der Waals surface area contributed by atoms with Crippen molar-refractivity contribution in [2.75, 3.05) is 31.1 Å². The molecule has 1 saturated heterocycles. The average molecular weight is 266 g/mol. The van der Waals surface area contributed by atoms with E-state index in [0.29, 0.717) is 26.2 Å². The van der Waals surface area contributed by atoms with Crippen LogP contribution in [-0.4, -0.2) is 48.1 Å². The van der Waals surface area contributed by atoms with E-state index in [4.69, 9.17) is 5.11 Å². The van der Waals surface area contributed by atoms with Crippen molar-refractivity contribution in [3.05, 3.63) is 29.6 Å². The number of halogens is 1. The first-order valence-corrected chi connectivity index (χ1v) is 6.02. The van der Waals surface area contributed by atoms with Gasteiger partial charge >= 0.3 is 5.97 Å². The lowest BCUT2D eigenvalue weighted by Gasteiger charge is -2.35. The molecule has 1 aromatic carbocycles. The van der Waals surface area contributed by atoms with E-state index in [1.54, 1.807) is 9.80 Å². The fourth-order valence-corrected chi connectivity index (χ4v) is 2.15. The van der Waals surface area contributed by atoms with Crippen LogP contribution in [0.4, 0.5) is 10.1 Å². The highest BCUT2D eigenvalue weighted by molar-refractivity contribution is 5.89. The first-order valence-electron chi connectivity index (χ1n) is 6.02. The summed E-state index contributed by atoms with van der Waals surface area (Å²) < 4.78 is 13.8. The molecule has 1 fully saturated rings. The van der Waals surface area contributed by atoms with Crippen molar-refractivity contribution < 1.29 is 19.1 Å². The molecular formula is C13H15FN2O3. The molecule has 0 aromatic heterocycles. The van der Waals surface area contributed by atoms with E-state index in [1.165, 1.54) is 19.1 Å². The maximum Gasteiger partial charge on any atom is 0.335 e. The van der Waals surface area contributed by atoms with Gasteiger partial charge in [0, 0.05) is 33.1 Å². The third kappa shape index (κ3) is 2.83.